The Morgan fingerprint density at radius 1 is 1.25 bits per heavy atom. The van der Waals surface area contributed by atoms with Crippen molar-refractivity contribution in [2.75, 3.05) is 5.43 Å². The van der Waals surface area contributed by atoms with Crippen molar-refractivity contribution in [2.24, 2.45) is 0 Å². The van der Waals surface area contributed by atoms with E-state index < -0.39 is 0 Å². The number of nitrogens with zero attached hydrogens (tertiary/aromatic N) is 3. The standard InChI is InChI=1S/C11H14N4O/c1-9(2)16-11-7-10(12-8-13-11)14-15-5-3-4-6-15/h3-9H,1-2H3,(H,12,13,14). The number of rotatable bonds is 4. The summed E-state index contributed by atoms with van der Waals surface area (Å²) in [5.74, 6) is 1.27. The normalized spacial score (nSPS) is 10.4. The van der Waals surface area contributed by atoms with Gasteiger partial charge in [-0.15, -0.1) is 0 Å². The third-order valence-electron chi connectivity index (χ3n) is 1.85. The minimum absolute atomic E-state index is 0.106. The summed E-state index contributed by atoms with van der Waals surface area (Å²) >= 11 is 0. The molecule has 0 radical (unpaired) electrons. The molecule has 5 nitrogen and oxygen atoms in total. The van der Waals surface area contributed by atoms with E-state index in [-0.39, 0.29) is 6.10 Å². The van der Waals surface area contributed by atoms with Crippen LogP contribution in [0.4, 0.5) is 5.82 Å². The summed E-state index contributed by atoms with van der Waals surface area (Å²) in [6.45, 7) is 3.92. The monoisotopic (exact) mass is 218 g/mol. The Bertz CT molecular complexity index is 439. The van der Waals surface area contributed by atoms with E-state index in [9.17, 15) is 0 Å². The van der Waals surface area contributed by atoms with Gasteiger partial charge in [0.05, 0.1) is 6.10 Å². The molecular formula is C11H14N4O. The number of ether oxygens (including phenoxy) is 1. The maximum absolute atomic E-state index is 5.47. The van der Waals surface area contributed by atoms with Crippen LogP contribution < -0.4 is 10.2 Å². The van der Waals surface area contributed by atoms with Crippen LogP contribution >= 0.6 is 0 Å². The highest BCUT2D eigenvalue weighted by molar-refractivity contribution is 5.36. The van der Waals surface area contributed by atoms with Crippen molar-refractivity contribution >= 4 is 5.82 Å². The van der Waals surface area contributed by atoms with E-state index in [1.54, 1.807) is 6.07 Å². The lowest BCUT2D eigenvalue weighted by Crippen LogP contribution is -2.10. The molecule has 0 saturated carbocycles. The lowest BCUT2D eigenvalue weighted by atomic mass is 10.5. The molecule has 1 N–H and O–H groups in total. The Kier molecular flexibility index (Phi) is 3.05. The first-order chi connectivity index (χ1) is 7.74. The summed E-state index contributed by atoms with van der Waals surface area (Å²) in [6.07, 6.45) is 5.37. The first-order valence-electron chi connectivity index (χ1n) is 5.13. The van der Waals surface area contributed by atoms with Crippen molar-refractivity contribution in [1.82, 2.24) is 14.6 Å². The highest BCUT2D eigenvalue weighted by atomic mass is 16.5. The molecule has 2 heterocycles. The van der Waals surface area contributed by atoms with E-state index in [0.29, 0.717) is 11.7 Å². The van der Waals surface area contributed by atoms with Crippen molar-refractivity contribution in [2.45, 2.75) is 20.0 Å². The molecule has 2 rings (SSSR count). The van der Waals surface area contributed by atoms with Crippen LogP contribution in [0.5, 0.6) is 5.88 Å². The van der Waals surface area contributed by atoms with Crippen molar-refractivity contribution < 1.29 is 4.74 Å². The second kappa shape index (κ2) is 4.65. The molecule has 0 atom stereocenters. The van der Waals surface area contributed by atoms with E-state index in [1.165, 1.54) is 6.33 Å². The van der Waals surface area contributed by atoms with Gasteiger partial charge in [-0.05, 0) is 26.0 Å². The topological polar surface area (TPSA) is 52.0 Å². The second-order valence-corrected chi connectivity index (χ2v) is 3.61. The molecular weight excluding hydrogens is 204 g/mol. The molecule has 0 bridgehead atoms. The summed E-state index contributed by atoms with van der Waals surface area (Å²) in [5, 5.41) is 0. The Labute approximate surface area is 94.1 Å². The Hall–Kier alpha value is -2.04. The van der Waals surface area contributed by atoms with Crippen molar-refractivity contribution in [1.29, 1.82) is 0 Å². The zero-order valence-corrected chi connectivity index (χ0v) is 9.29. The molecule has 0 spiro atoms. The number of nitrogens with one attached hydrogen (secondary N) is 1. The largest absolute Gasteiger partial charge is 0.475 e. The Morgan fingerprint density at radius 3 is 2.69 bits per heavy atom. The molecule has 0 unspecified atom stereocenters. The fraction of sp³-hybridized carbons (Fsp3) is 0.273. The second-order valence-electron chi connectivity index (χ2n) is 3.61. The molecule has 2 aromatic heterocycles. The maximum atomic E-state index is 5.47. The lowest BCUT2D eigenvalue weighted by molar-refractivity contribution is 0.232. The molecule has 0 amide bonds. The van der Waals surface area contributed by atoms with Crippen LogP contribution in [0.1, 0.15) is 13.8 Å². The van der Waals surface area contributed by atoms with Gasteiger partial charge < -0.3 is 4.74 Å². The van der Waals surface area contributed by atoms with Gasteiger partial charge >= 0.3 is 0 Å². The third-order valence-corrected chi connectivity index (χ3v) is 1.85. The molecule has 0 aliphatic carbocycles. The highest BCUT2D eigenvalue weighted by Gasteiger charge is 2.01. The quantitative estimate of drug-likeness (QED) is 0.852. The van der Waals surface area contributed by atoms with Gasteiger partial charge in [-0.25, -0.2) is 9.97 Å². The van der Waals surface area contributed by atoms with E-state index >= 15 is 0 Å². The SMILES string of the molecule is CC(C)Oc1cc(Nn2cccc2)ncn1. The summed E-state index contributed by atoms with van der Waals surface area (Å²) in [5.41, 5.74) is 3.08. The zero-order valence-electron chi connectivity index (χ0n) is 9.29. The summed E-state index contributed by atoms with van der Waals surface area (Å²) in [4.78, 5) is 8.12. The van der Waals surface area contributed by atoms with E-state index in [1.807, 2.05) is 43.0 Å². The maximum Gasteiger partial charge on any atom is 0.218 e. The minimum atomic E-state index is 0.106. The molecule has 0 aliphatic heterocycles. The number of hydrogen-bond donors (Lipinski definition) is 1. The Morgan fingerprint density at radius 2 is 2.00 bits per heavy atom. The fourth-order valence-electron chi connectivity index (χ4n) is 1.25. The van der Waals surface area contributed by atoms with Crippen LogP contribution in [-0.2, 0) is 0 Å². The fourth-order valence-corrected chi connectivity index (χ4v) is 1.25. The molecule has 84 valence electrons. The van der Waals surface area contributed by atoms with Gasteiger partial charge in [-0.2, -0.15) is 0 Å². The van der Waals surface area contributed by atoms with Crippen LogP contribution in [0, 0.1) is 0 Å². The lowest BCUT2D eigenvalue weighted by Gasteiger charge is -2.10. The molecule has 0 fully saturated rings. The van der Waals surface area contributed by atoms with Gasteiger partial charge in [0.1, 0.15) is 6.33 Å². The van der Waals surface area contributed by atoms with Crippen LogP contribution in [0.2, 0.25) is 0 Å². The van der Waals surface area contributed by atoms with Crippen LogP contribution in [0.15, 0.2) is 36.9 Å². The van der Waals surface area contributed by atoms with Crippen molar-refractivity contribution in [3.8, 4) is 5.88 Å². The van der Waals surface area contributed by atoms with Gasteiger partial charge in [0, 0.05) is 18.5 Å². The van der Waals surface area contributed by atoms with Gasteiger partial charge in [0.15, 0.2) is 5.82 Å². The van der Waals surface area contributed by atoms with Crippen molar-refractivity contribution in [3.05, 3.63) is 36.9 Å². The first-order valence-corrected chi connectivity index (χ1v) is 5.13. The molecule has 16 heavy (non-hydrogen) atoms. The number of anilines is 1. The smallest absolute Gasteiger partial charge is 0.218 e. The first kappa shape index (κ1) is 10.5. The molecule has 0 aliphatic rings. The average molecular weight is 218 g/mol. The summed E-state index contributed by atoms with van der Waals surface area (Å²) < 4.78 is 7.28. The van der Waals surface area contributed by atoms with Crippen molar-refractivity contribution in [3.63, 3.8) is 0 Å². The van der Waals surface area contributed by atoms with E-state index in [2.05, 4.69) is 15.4 Å². The zero-order chi connectivity index (χ0) is 11.4. The Balaban J connectivity index is 2.10. The average Bonchev–Trinajstić information content (AvgIpc) is 2.70. The van der Waals surface area contributed by atoms with Gasteiger partial charge in [0.2, 0.25) is 5.88 Å². The third kappa shape index (κ3) is 2.73. The molecule has 0 aromatic carbocycles. The van der Waals surface area contributed by atoms with Crippen LogP contribution in [-0.4, -0.2) is 20.7 Å². The van der Waals surface area contributed by atoms with Gasteiger partial charge in [-0.1, -0.05) is 0 Å². The number of aromatic nitrogens is 3. The summed E-state index contributed by atoms with van der Waals surface area (Å²) in [7, 11) is 0. The van der Waals surface area contributed by atoms with E-state index in [0.717, 1.165) is 0 Å². The van der Waals surface area contributed by atoms with Gasteiger partial charge in [-0.3, -0.25) is 10.1 Å². The molecule has 0 saturated heterocycles. The number of hydrogen-bond acceptors (Lipinski definition) is 4. The molecule has 2 aromatic rings. The summed E-state index contributed by atoms with van der Waals surface area (Å²) in [6, 6.07) is 5.62. The van der Waals surface area contributed by atoms with Crippen LogP contribution in [0.3, 0.4) is 0 Å². The van der Waals surface area contributed by atoms with Crippen LogP contribution in [0.25, 0.3) is 0 Å². The highest BCUT2D eigenvalue weighted by Crippen LogP contribution is 2.12. The predicted molar refractivity (Wildman–Crippen MR) is 61.2 cm³/mol. The molecule has 5 heteroatoms. The van der Waals surface area contributed by atoms with E-state index in [4.69, 9.17) is 4.74 Å². The minimum Gasteiger partial charge on any atom is -0.475 e. The predicted octanol–water partition coefficient (Wildman–Crippen LogP) is 1.94. The van der Waals surface area contributed by atoms with Gasteiger partial charge in [0.25, 0.3) is 0 Å².